The zero-order valence-electron chi connectivity index (χ0n) is 9.89. The average molecular weight is 244 g/mol. The van der Waals surface area contributed by atoms with E-state index in [4.69, 9.17) is 10.2 Å². The van der Waals surface area contributed by atoms with Crippen LogP contribution in [-0.4, -0.2) is 53.4 Å². The van der Waals surface area contributed by atoms with Crippen molar-refractivity contribution in [2.24, 2.45) is 5.92 Å². The maximum atomic E-state index is 11.6. The van der Waals surface area contributed by atoms with Crippen LogP contribution in [0.1, 0.15) is 25.7 Å². The molecule has 2 amide bonds. The summed E-state index contributed by atoms with van der Waals surface area (Å²) in [5, 5.41) is 19.9. The maximum Gasteiger partial charge on any atom is 0.317 e. The van der Waals surface area contributed by atoms with Crippen molar-refractivity contribution in [2.45, 2.75) is 25.7 Å². The van der Waals surface area contributed by atoms with E-state index in [1.54, 1.807) is 4.90 Å². The van der Waals surface area contributed by atoms with Crippen LogP contribution >= 0.6 is 0 Å². The van der Waals surface area contributed by atoms with Crippen molar-refractivity contribution in [2.75, 3.05) is 26.2 Å². The number of carboxylic acid groups (broad SMARTS) is 1. The Balaban J connectivity index is 2.14. The normalized spacial score (nSPS) is 19.4. The number of aliphatic hydroxyl groups is 1. The second kappa shape index (κ2) is 7.11. The number of likely N-dealkylation sites (tertiary alicyclic amines) is 1. The van der Waals surface area contributed by atoms with Crippen LogP contribution in [0.15, 0.2) is 0 Å². The molecule has 0 aromatic heterocycles. The molecule has 0 saturated carbocycles. The molecule has 0 aliphatic carbocycles. The minimum Gasteiger partial charge on any atom is -0.481 e. The van der Waals surface area contributed by atoms with Gasteiger partial charge in [0.05, 0.1) is 0 Å². The minimum absolute atomic E-state index is 0.0768. The topological polar surface area (TPSA) is 89.9 Å². The first-order valence-corrected chi connectivity index (χ1v) is 5.99. The van der Waals surface area contributed by atoms with Crippen LogP contribution in [0.4, 0.5) is 4.79 Å². The van der Waals surface area contributed by atoms with Crippen molar-refractivity contribution < 1.29 is 19.8 Å². The Kier molecular flexibility index (Phi) is 5.76. The Bertz CT molecular complexity index is 270. The highest BCUT2D eigenvalue weighted by molar-refractivity contribution is 5.74. The number of nitrogens with zero attached hydrogens (tertiary/aromatic N) is 1. The standard InChI is InChI=1S/C11H20N2O4/c14-7-4-9-3-6-13(8-9)11(17)12-5-1-2-10(15)16/h9,14H,1-8H2,(H,12,17)(H,15,16). The number of amides is 2. The number of carboxylic acids is 1. The summed E-state index contributed by atoms with van der Waals surface area (Å²) >= 11 is 0. The Hall–Kier alpha value is -1.30. The largest absolute Gasteiger partial charge is 0.481 e. The van der Waals surface area contributed by atoms with E-state index in [2.05, 4.69) is 5.32 Å². The number of hydrogen-bond acceptors (Lipinski definition) is 3. The van der Waals surface area contributed by atoms with Crippen molar-refractivity contribution in [1.82, 2.24) is 10.2 Å². The zero-order valence-corrected chi connectivity index (χ0v) is 9.89. The average Bonchev–Trinajstić information content (AvgIpc) is 2.73. The van der Waals surface area contributed by atoms with Gasteiger partial charge < -0.3 is 20.4 Å². The predicted octanol–water partition coefficient (Wildman–Crippen LogP) is 0.265. The highest BCUT2D eigenvalue weighted by Gasteiger charge is 2.25. The van der Waals surface area contributed by atoms with Crippen molar-refractivity contribution in [3.8, 4) is 0 Å². The molecule has 17 heavy (non-hydrogen) atoms. The number of carbonyl (C=O) groups is 2. The minimum atomic E-state index is -0.844. The molecule has 1 heterocycles. The third-order valence-corrected chi connectivity index (χ3v) is 2.95. The summed E-state index contributed by atoms with van der Waals surface area (Å²) in [4.78, 5) is 23.6. The van der Waals surface area contributed by atoms with E-state index in [9.17, 15) is 9.59 Å². The lowest BCUT2D eigenvalue weighted by atomic mass is 10.1. The molecule has 1 fully saturated rings. The molecule has 1 saturated heterocycles. The Morgan fingerprint density at radius 2 is 2.18 bits per heavy atom. The maximum absolute atomic E-state index is 11.6. The van der Waals surface area contributed by atoms with Crippen molar-refractivity contribution in [3.05, 3.63) is 0 Å². The van der Waals surface area contributed by atoms with Gasteiger partial charge in [-0.3, -0.25) is 4.79 Å². The molecular weight excluding hydrogens is 224 g/mol. The van der Waals surface area contributed by atoms with Crippen LogP contribution in [0.2, 0.25) is 0 Å². The molecule has 6 heteroatoms. The molecule has 0 aromatic rings. The van der Waals surface area contributed by atoms with Gasteiger partial charge in [0.1, 0.15) is 0 Å². The quantitative estimate of drug-likeness (QED) is 0.585. The number of carbonyl (C=O) groups excluding carboxylic acids is 1. The van der Waals surface area contributed by atoms with Crippen molar-refractivity contribution >= 4 is 12.0 Å². The van der Waals surface area contributed by atoms with Crippen LogP contribution in [0.5, 0.6) is 0 Å². The van der Waals surface area contributed by atoms with Gasteiger partial charge in [-0.25, -0.2) is 4.79 Å². The summed E-state index contributed by atoms with van der Waals surface area (Å²) in [6.45, 7) is 1.96. The number of hydrogen-bond donors (Lipinski definition) is 3. The molecular formula is C11H20N2O4. The van der Waals surface area contributed by atoms with Gasteiger partial charge >= 0.3 is 12.0 Å². The van der Waals surface area contributed by atoms with Gasteiger partial charge in [0.15, 0.2) is 0 Å². The van der Waals surface area contributed by atoms with Gasteiger partial charge in [-0.05, 0) is 25.2 Å². The number of aliphatic carboxylic acids is 1. The zero-order chi connectivity index (χ0) is 12.7. The summed E-state index contributed by atoms with van der Waals surface area (Å²) < 4.78 is 0. The van der Waals surface area contributed by atoms with Crippen LogP contribution in [-0.2, 0) is 4.79 Å². The van der Waals surface area contributed by atoms with Gasteiger partial charge in [0, 0.05) is 32.7 Å². The molecule has 0 aromatic carbocycles. The van der Waals surface area contributed by atoms with Crippen LogP contribution < -0.4 is 5.32 Å². The monoisotopic (exact) mass is 244 g/mol. The van der Waals surface area contributed by atoms with E-state index in [-0.39, 0.29) is 19.1 Å². The molecule has 98 valence electrons. The fraction of sp³-hybridized carbons (Fsp3) is 0.818. The Morgan fingerprint density at radius 3 is 2.82 bits per heavy atom. The lowest BCUT2D eigenvalue weighted by molar-refractivity contribution is -0.137. The third kappa shape index (κ3) is 5.04. The van der Waals surface area contributed by atoms with Crippen molar-refractivity contribution in [1.29, 1.82) is 0 Å². The first kappa shape index (κ1) is 13.8. The molecule has 1 unspecified atom stereocenters. The van der Waals surface area contributed by atoms with E-state index in [1.165, 1.54) is 0 Å². The molecule has 1 atom stereocenters. The summed E-state index contributed by atoms with van der Waals surface area (Å²) in [5.74, 6) is -0.451. The van der Waals surface area contributed by atoms with Gasteiger partial charge in [0.2, 0.25) is 0 Å². The second-order valence-corrected chi connectivity index (χ2v) is 4.34. The SMILES string of the molecule is O=C(O)CCCNC(=O)N1CCC(CCO)C1. The van der Waals surface area contributed by atoms with Gasteiger partial charge in [-0.1, -0.05) is 0 Å². The van der Waals surface area contributed by atoms with Gasteiger partial charge in [-0.2, -0.15) is 0 Å². The third-order valence-electron chi connectivity index (χ3n) is 2.95. The van der Waals surface area contributed by atoms with Gasteiger partial charge in [-0.15, -0.1) is 0 Å². The molecule has 0 radical (unpaired) electrons. The summed E-state index contributed by atoms with van der Waals surface area (Å²) in [7, 11) is 0. The van der Waals surface area contributed by atoms with Crippen molar-refractivity contribution in [3.63, 3.8) is 0 Å². The van der Waals surface area contributed by atoms with Gasteiger partial charge in [0.25, 0.3) is 0 Å². The molecule has 1 aliphatic heterocycles. The van der Waals surface area contributed by atoms with E-state index in [0.29, 0.717) is 25.4 Å². The highest BCUT2D eigenvalue weighted by atomic mass is 16.4. The smallest absolute Gasteiger partial charge is 0.317 e. The molecule has 1 aliphatic rings. The molecule has 0 bridgehead atoms. The molecule has 1 rings (SSSR count). The van der Waals surface area contributed by atoms with Crippen LogP contribution in [0.25, 0.3) is 0 Å². The summed E-state index contributed by atoms with van der Waals surface area (Å²) in [6.07, 6.45) is 2.20. The van der Waals surface area contributed by atoms with E-state index >= 15 is 0 Å². The predicted molar refractivity (Wildman–Crippen MR) is 61.7 cm³/mol. The number of rotatable bonds is 6. The first-order valence-electron chi connectivity index (χ1n) is 5.99. The van der Waals surface area contributed by atoms with E-state index in [0.717, 1.165) is 19.4 Å². The fourth-order valence-corrected chi connectivity index (χ4v) is 1.98. The van der Waals surface area contributed by atoms with E-state index < -0.39 is 5.97 Å². The van der Waals surface area contributed by atoms with E-state index in [1.807, 2.05) is 0 Å². The lowest BCUT2D eigenvalue weighted by Gasteiger charge is -2.17. The number of urea groups is 1. The lowest BCUT2D eigenvalue weighted by Crippen LogP contribution is -2.39. The summed E-state index contributed by atoms with van der Waals surface area (Å²) in [5.41, 5.74) is 0. The fourth-order valence-electron chi connectivity index (χ4n) is 1.98. The summed E-state index contributed by atoms with van der Waals surface area (Å²) in [6, 6.07) is -0.129. The Labute approximate surface area is 101 Å². The number of nitrogens with one attached hydrogen (secondary N) is 1. The first-order chi connectivity index (χ1) is 8.13. The second-order valence-electron chi connectivity index (χ2n) is 4.34. The molecule has 6 nitrogen and oxygen atoms in total. The molecule has 3 N–H and O–H groups in total. The number of aliphatic hydroxyl groups excluding tert-OH is 1. The highest BCUT2D eigenvalue weighted by Crippen LogP contribution is 2.18. The molecule has 0 spiro atoms. The Morgan fingerprint density at radius 1 is 1.41 bits per heavy atom. The van der Waals surface area contributed by atoms with Crippen LogP contribution in [0, 0.1) is 5.92 Å². The van der Waals surface area contributed by atoms with Crippen LogP contribution in [0.3, 0.4) is 0 Å².